The summed E-state index contributed by atoms with van der Waals surface area (Å²) in [4.78, 5) is 44.0. The Kier molecular flexibility index (Phi) is 8.70. The van der Waals surface area contributed by atoms with E-state index in [0.717, 1.165) is 40.2 Å². The zero-order valence-electron chi connectivity index (χ0n) is 23.9. The molecule has 0 radical (unpaired) electrons. The molecule has 0 aliphatic carbocycles. The second-order valence-corrected chi connectivity index (χ2v) is 9.99. The SMILES string of the molecule is CCCc1nc2c(n1Cc1ccc(-c3ccccc3-c3nn[nH]n3)cc1)C(C(=O)OCOC(=O)CC)N(C(C)=O)CC2. The first-order chi connectivity index (χ1) is 20.4. The molecule has 1 amide bonds. The van der Waals surface area contributed by atoms with E-state index in [-0.39, 0.29) is 12.3 Å². The van der Waals surface area contributed by atoms with Gasteiger partial charge in [-0.05, 0) is 28.3 Å². The maximum atomic E-state index is 13.4. The van der Waals surface area contributed by atoms with Crippen molar-refractivity contribution in [1.29, 1.82) is 0 Å². The molecule has 0 spiro atoms. The van der Waals surface area contributed by atoms with E-state index in [9.17, 15) is 14.4 Å². The molecule has 1 aliphatic heterocycles. The number of carbonyl (C=O) groups excluding carboxylic acids is 3. The van der Waals surface area contributed by atoms with Crippen molar-refractivity contribution >= 4 is 17.8 Å². The Hall–Kier alpha value is -4.87. The van der Waals surface area contributed by atoms with Crippen molar-refractivity contribution in [2.24, 2.45) is 0 Å². The molecule has 12 heteroatoms. The fraction of sp³-hybridized carbons (Fsp3) is 0.367. The van der Waals surface area contributed by atoms with Gasteiger partial charge in [-0.2, -0.15) is 5.21 Å². The van der Waals surface area contributed by atoms with E-state index in [0.29, 0.717) is 37.4 Å². The van der Waals surface area contributed by atoms with Crippen LogP contribution in [0.15, 0.2) is 48.5 Å². The number of tetrazole rings is 1. The van der Waals surface area contributed by atoms with Crippen molar-refractivity contribution in [3.8, 4) is 22.5 Å². The van der Waals surface area contributed by atoms with Gasteiger partial charge in [0.1, 0.15) is 5.82 Å². The molecule has 1 N–H and O–H groups in total. The van der Waals surface area contributed by atoms with E-state index in [2.05, 4.69) is 27.5 Å². The van der Waals surface area contributed by atoms with Crippen LogP contribution in [0.3, 0.4) is 0 Å². The second-order valence-electron chi connectivity index (χ2n) is 9.99. The van der Waals surface area contributed by atoms with Crippen molar-refractivity contribution in [2.75, 3.05) is 13.3 Å². The topological polar surface area (TPSA) is 145 Å². The molecule has 2 aromatic heterocycles. The number of aryl methyl sites for hydroxylation is 1. The summed E-state index contributed by atoms with van der Waals surface area (Å²) >= 11 is 0. The smallest absolute Gasteiger partial charge is 0.338 e. The predicted octanol–water partition coefficient (Wildman–Crippen LogP) is 3.63. The fourth-order valence-corrected chi connectivity index (χ4v) is 5.24. The van der Waals surface area contributed by atoms with Gasteiger partial charge in [-0.3, -0.25) is 9.59 Å². The normalized spacial score (nSPS) is 14.4. The number of benzene rings is 2. The zero-order chi connectivity index (χ0) is 29.6. The van der Waals surface area contributed by atoms with Crippen LogP contribution < -0.4 is 0 Å². The molecule has 1 atom stereocenters. The number of ether oxygens (including phenoxy) is 2. The molecule has 0 saturated heterocycles. The summed E-state index contributed by atoms with van der Waals surface area (Å²) in [5.74, 6) is -0.0274. The van der Waals surface area contributed by atoms with Gasteiger partial charge < -0.3 is 18.9 Å². The highest BCUT2D eigenvalue weighted by molar-refractivity contribution is 5.85. The van der Waals surface area contributed by atoms with Crippen LogP contribution in [0.25, 0.3) is 22.5 Å². The van der Waals surface area contributed by atoms with Gasteiger partial charge >= 0.3 is 11.9 Å². The summed E-state index contributed by atoms with van der Waals surface area (Å²) in [5, 5.41) is 14.5. The van der Waals surface area contributed by atoms with E-state index < -0.39 is 24.8 Å². The number of nitrogens with zero attached hydrogens (tertiary/aromatic N) is 6. The fourth-order valence-electron chi connectivity index (χ4n) is 5.24. The van der Waals surface area contributed by atoms with Gasteiger partial charge in [0.2, 0.25) is 18.5 Å². The average molecular weight is 572 g/mol. The molecule has 218 valence electrons. The number of hydrogen-bond acceptors (Lipinski definition) is 9. The molecule has 42 heavy (non-hydrogen) atoms. The minimum atomic E-state index is -0.995. The Balaban J connectivity index is 1.47. The summed E-state index contributed by atoms with van der Waals surface area (Å²) < 4.78 is 12.3. The van der Waals surface area contributed by atoms with Crippen LogP contribution >= 0.6 is 0 Å². The lowest BCUT2D eigenvalue weighted by atomic mass is 9.98. The largest absolute Gasteiger partial charge is 0.428 e. The predicted molar refractivity (Wildman–Crippen MR) is 152 cm³/mol. The van der Waals surface area contributed by atoms with Gasteiger partial charge in [-0.25, -0.2) is 9.78 Å². The van der Waals surface area contributed by atoms with E-state index >= 15 is 0 Å². The van der Waals surface area contributed by atoms with Gasteiger partial charge in [0.05, 0.1) is 11.4 Å². The number of esters is 2. The standard InChI is InChI=1S/C30H33N7O5/c1-4-8-25-31-24-15-16-36(19(3)38)28(30(40)42-18-41-26(39)5-2)27(24)37(25)17-20-11-13-21(14-12-20)22-9-6-7-10-23(22)29-32-34-35-33-29/h6-7,9-14,28H,4-5,8,15-18H2,1-3H3,(H,32,33,34,35). The van der Waals surface area contributed by atoms with E-state index in [1.54, 1.807) is 6.92 Å². The van der Waals surface area contributed by atoms with Gasteiger partial charge in [-0.1, -0.05) is 62.4 Å². The summed E-state index contributed by atoms with van der Waals surface area (Å²) in [6, 6.07) is 15.0. The first-order valence-electron chi connectivity index (χ1n) is 14.0. The molecule has 1 aliphatic rings. The monoisotopic (exact) mass is 571 g/mol. The molecule has 0 bridgehead atoms. The number of amides is 1. The van der Waals surface area contributed by atoms with Crippen LogP contribution in [0.5, 0.6) is 0 Å². The van der Waals surface area contributed by atoms with Crippen molar-refractivity contribution in [3.05, 3.63) is 71.3 Å². The third kappa shape index (κ3) is 5.92. The maximum Gasteiger partial charge on any atom is 0.338 e. The van der Waals surface area contributed by atoms with E-state index in [1.165, 1.54) is 11.8 Å². The highest BCUT2D eigenvalue weighted by atomic mass is 16.7. The molecule has 0 fully saturated rings. The van der Waals surface area contributed by atoms with Crippen LogP contribution in [0.1, 0.15) is 62.4 Å². The zero-order valence-corrected chi connectivity index (χ0v) is 23.9. The summed E-state index contributed by atoms with van der Waals surface area (Å²) in [7, 11) is 0. The highest BCUT2D eigenvalue weighted by Gasteiger charge is 2.40. The Morgan fingerprint density at radius 2 is 1.79 bits per heavy atom. The first kappa shape index (κ1) is 28.7. The van der Waals surface area contributed by atoms with Gasteiger partial charge in [-0.15, -0.1) is 10.2 Å². The lowest BCUT2D eigenvalue weighted by Gasteiger charge is -2.34. The third-order valence-electron chi connectivity index (χ3n) is 7.25. The first-order valence-corrected chi connectivity index (χ1v) is 14.0. The summed E-state index contributed by atoms with van der Waals surface area (Å²) in [6.07, 6.45) is 2.26. The second kappa shape index (κ2) is 12.8. The van der Waals surface area contributed by atoms with Crippen LogP contribution in [-0.2, 0) is 43.2 Å². The number of imidazole rings is 1. The van der Waals surface area contributed by atoms with Crippen LogP contribution in [0, 0.1) is 0 Å². The number of rotatable bonds is 10. The quantitative estimate of drug-likeness (QED) is 0.223. The number of H-pyrrole nitrogens is 1. The Morgan fingerprint density at radius 1 is 1.02 bits per heavy atom. The van der Waals surface area contributed by atoms with Crippen molar-refractivity contribution in [1.82, 2.24) is 35.1 Å². The number of fused-ring (bicyclic) bond motifs is 1. The van der Waals surface area contributed by atoms with Crippen molar-refractivity contribution in [2.45, 2.75) is 59.0 Å². The molecular formula is C30H33N7O5. The van der Waals surface area contributed by atoms with Crippen LogP contribution in [0.4, 0.5) is 0 Å². The molecule has 4 aromatic rings. The summed E-state index contributed by atoms with van der Waals surface area (Å²) in [5.41, 5.74) is 5.24. The van der Waals surface area contributed by atoms with Crippen LogP contribution in [-0.4, -0.2) is 66.3 Å². The Labute approximate surface area is 243 Å². The number of carbonyl (C=O) groups is 3. The lowest BCUT2D eigenvalue weighted by molar-refractivity contribution is -0.173. The molecular weight excluding hydrogens is 538 g/mol. The average Bonchev–Trinajstić information content (AvgIpc) is 3.66. The molecule has 5 rings (SSSR count). The third-order valence-corrected chi connectivity index (χ3v) is 7.25. The molecule has 0 saturated carbocycles. The van der Waals surface area contributed by atoms with Crippen molar-refractivity contribution < 1.29 is 23.9 Å². The number of aromatic amines is 1. The van der Waals surface area contributed by atoms with Crippen LogP contribution in [0.2, 0.25) is 0 Å². The van der Waals surface area contributed by atoms with Gasteiger partial charge in [0, 0.05) is 44.8 Å². The minimum Gasteiger partial charge on any atom is -0.428 e. The maximum absolute atomic E-state index is 13.4. The minimum absolute atomic E-state index is 0.166. The van der Waals surface area contributed by atoms with Crippen molar-refractivity contribution in [3.63, 3.8) is 0 Å². The number of aromatic nitrogens is 6. The number of nitrogens with one attached hydrogen (secondary N) is 1. The Morgan fingerprint density at radius 3 is 2.45 bits per heavy atom. The molecule has 12 nitrogen and oxygen atoms in total. The van der Waals surface area contributed by atoms with E-state index in [1.807, 2.05) is 53.1 Å². The molecule has 3 heterocycles. The van der Waals surface area contributed by atoms with Gasteiger partial charge in [0.25, 0.3) is 0 Å². The lowest BCUT2D eigenvalue weighted by Crippen LogP contribution is -2.44. The summed E-state index contributed by atoms with van der Waals surface area (Å²) in [6.45, 7) is 5.44. The Bertz CT molecular complexity index is 1560. The molecule has 1 unspecified atom stereocenters. The molecule has 2 aromatic carbocycles. The number of hydrogen-bond donors (Lipinski definition) is 1. The van der Waals surface area contributed by atoms with Gasteiger partial charge in [0.15, 0.2) is 6.04 Å². The van der Waals surface area contributed by atoms with E-state index in [4.69, 9.17) is 14.5 Å². The highest BCUT2D eigenvalue weighted by Crippen LogP contribution is 2.34.